The molecule has 82 valence electrons. The fourth-order valence-corrected chi connectivity index (χ4v) is 1.93. The van der Waals surface area contributed by atoms with Gasteiger partial charge in [0, 0.05) is 18.9 Å². The van der Waals surface area contributed by atoms with Gasteiger partial charge in [-0.3, -0.25) is 0 Å². The molecular weight excluding hydrogens is 242 g/mol. The minimum Gasteiger partial charge on any atom is -0.326 e. The predicted molar refractivity (Wildman–Crippen MR) is 65.5 cm³/mol. The zero-order valence-corrected chi connectivity index (χ0v) is 10.0. The lowest BCUT2D eigenvalue weighted by atomic mass is 10.3. The number of halogens is 1. The van der Waals surface area contributed by atoms with Crippen LogP contribution in [0.3, 0.4) is 0 Å². The number of nitrogens with zero attached hydrogens (tertiary/aromatic N) is 2. The SMILES string of the molecule is NCc1ccc(Sc2ccc(Cl)cn2)nc1. The third kappa shape index (κ3) is 2.95. The van der Waals surface area contributed by atoms with Crippen LogP contribution in [0, 0.1) is 0 Å². The molecule has 0 atom stereocenters. The Morgan fingerprint density at radius 2 is 1.75 bits per heavy atom. The summed E-state index contributed by atoms with van der Waals surface area (Å²) in [6.07, 6.45) is 3.40. The van der Waals surface area contributed by atoms with Crippen molar-refractivity contribution in [3.63, 3.8) is 0 Å². The molecule has 0 fully saturated rings. The van der Waals surface area contributed by atoms with E-state index in [-0.39, 0.29) is 0 Å². The van der Waals surface area contributed by atoms with Crippen molar-refractivity contribution in [3.05, 3.63) is 47.2 Å². The van der Waals surface area contributed by atoms with Crippen molar-refractivity contribution in [2.45, 2.75) is 16.6 Å². The summed E-state index contributed by atoms with van der Waals surface area (Å²) >= 11 is 7.25. The van der Waals surface area contributed by atoms with E-state index in [0.717, 1.165) is 15.6 Å². The van der Waals surface area contributed by atoms with Crippen molar-refractivity contribution in [1.82, 2.24) is 9.97 Å². The molecule has 2 N–H and O–H groups in total. The lowest BCUT2D eigenvalue weighted by Crippen LogP contribution is -1.96. The smallest absolute Gasteiger partial charge is 0.102 e. The molecule has 0 aliphatic heterocycles. The quantitative estimate of drug-likeness (QED) is 0.911. The Hall–Kier alpha value is -1.10. The summed E-state index contributed by atoms with van der Waals surface area (Å²) in [7, 11) is 0. The lowest BCUT2D eigenvalue weighted by molar-refractivity contribution is 1.01. The second-order valence-electron chi connectivity index (χ2n) is 3.13. The largest absolute Gasteiger partial charge is 0.326 e. The Morgan fingerprint density at radius 1 is 1.06 bits per heavy atom. The van der Waals surface area contributed by atoms with E-state index in [9.17, 15) is 0 Å². The number of hydrogen-bond donors (Lipinski definition) is 1. The average Bonchev–Trinajstić information content (AvgIpc) is 2.33. The topological polar surface area (TPSA) is 51.8 Å². The summed E-state index contributed by atoms with van der Waals surface area (Å²) in [5.41, 5.74) is 6.52. The van der Waals surface area contributed by atoms with Gasteiger partial charge in [-0.2, -0.15) is 0 Å². The van der Waals surface area contributed by atoms with Gasteiger partial charge in [0.05, 0.1) is 5.02 Å². The van der Waals surface area contributed by atoms with Crippen LogP contribution >= 0.6 is 23.4 Å². The number of hydrogen-bond acceptors (Lipinski definition) is 4. The molecule has 0 saturated heterocycles. The highest BCUT2D eigenvalue weighted by atomic mass is 35.5. The molecule has 0 amide bonds. The summed E-state index contributed by atoms with van der Waals surface area (Å²) < 4.78 is 0. The van der Waals surface area contributed by atoms with Crippen LogP contribution in [0.25, 0.3) is 0 Å². The number of nitrogens with two attached hydrogens (primary N) is 1. The van der Waals surface area contributed by atoms with Gasteiger partial charge < -0.3 is 5.73 Å². The molecule has 2 rings (SSSR count). The van der Waals surface area contributed by atoms with Crippen LogP contribution in [0.4, 0.5) is 0 Å². The third-order valence-electron chi connectivity index (χ3n) is 1.94. The highest BCUT2D eigenvalue weighted by Crippen LogP contribution is 2.24. The summed E-state index contributed by atoms with van der Waals surface area (Å²) in [6, 6.07) is 7.57. The van der Waals surface area contributed by atoms with E-state index >= 15 is 0 Å². The Labute approximate surface area is 103 Å². The van der Waals surface area contributed by atoms with Crippen molar-refractivity contribution in [2.75, 3.05) is 0 Å². The Balaban J connectivity index is 2.11. The monoisotopic (exact) mass is 251 g/mol. The first-order chi connectivity index (χ1) is 7.78. The summed E-state index contributed by atoms with van der Waals surface area (Å²) in [5, 5.41) is 2.40. The highest BCUT2D eigenvalue weighted by molar-refractivity contribution is 7.99. The molecule has 0 saturated carbocycles. The van der Waals surface area contributed by atoms with Crippen molar-refractivity contribution in [3.8, 4) is 0 Å². The minimum atomic E-state index is 0.511. The van der Waals surface area contributed by atoms with Gasteiger partial charge in [-0.05, 0) is 23.8 Å². The number of rotatable bonds is 3. The second-order valence-corrected chi connectivity index (χ2v) is 4.60. The van der Waals surface area contributed by atoms with Gasteiger partial charge in [-0.1, -0.05) is 29.4 Å². The molecule has 16 heavy (non-hydrogen) atoms. The van der Waals surface area contributed by atoms with Gasteiger partial charge in [0.15, 0.2) is 0 Å². The molecule has 0 radical (unpaired) electrons. The van der Waals surface area contributed by atoms with Crippen LogP contribution in [0.5, 0.6) is 0 Å². The maximum Gasteiger partial charge on any atom is 0.102 e. The minimum absolute atomic E-state index is 0.511. The predicted octanol–water partition coefficient (Wildman–Crippen LogP) is 2.74. The number of aromatic nitrogens is 2. The fraction of sp³-hybridized carbons (Fsp3) is 0.0909. The van der Waals surface area contributed by atoms with Gasteiger partial charge in [0.2, 0.25) is 0 Å². The Morgan fingerprint density at radius 3 is 2.25 bits per heavy atom. The molecule has 0 aliphatic rings. The fourth-order valence-electron chi connectivity index (χ4n) is 1.12. The van der Waals surface area contributed by atoms with E-state index in [0.29, 0.717) is 11.6 Å². The van der Waals surface area contributed by atoms with Gasteiger partial charge in [-0.25, -0.2) is 9.97 Å². The van der Waals surface area contributed by atoms with Crippen LogP contribution in [-0.2, 0) is 6.54 Å². The third-order valence-corrected chi connectivity index (χ3v) is 3.07. The molecule has 0 unspecified atom stereocenters. The molecule has 0 bridgehead atoms. The van der Waals surface area contributed by atoms with Crippen LogP contribution < -0.4 is 5.73 Å². The van der Waals surface area contributed by atoms with Crippen LogP contribution in [0.15, 0.2) is 46.7 Å². The lowest BCUT2D eigenvalue weighted by Gasteiger charge is -2.01. The van der Waals surface area contributed by atoms with Crippen molar-refractivity contribution >= 4 is 23.4 Å². The van der Waals surface area contributed by atoms with Gasteiger partial charge in [0.1, 0.15) is 10.1 Å². The molecule has 0 aromatic carbocycles. The van der Waals surface area contributed by atoms with Crippen molar-refractivity contribution in [2.24, 2.45) is 5.73 Å². The highest BCUT2D eigenvalue weighted by Gasteiger charge is 2.00. The first kappa shape index (κ1) is 11.4. The maximum atomic E-state index is 5.75. The van der Waals surface area contributed by atoms with Crippen LogP contribution in [0.2, 0.25) is 5.02 Å². The molecule has 0 aliphatic carbocycles. The summed E-state index contributed by atoms with van der Waals surface area (Å²) in [5.74, 6) is 0. The zero-order valence-electron chi connectivity index (χ0n) is 8.43. The normalized spacial score (nSPS) is 10.4. The van der Waals surface area contributed by atoms with Crippen LogP contribution in [-0.4, -0.2) is 9.97 Å². The molecule has 0 spiro atoms. The molecule has 2 aromatic heterocycles. The van der Waals surface area contributed by atoms with Crippen molar-refractivity contribution < 1.29 is 0 Å². The van der Waals surface area contributed by atoms with E-state index in [2.05, 4.69) is 9.97 Å². The molecule has 3 nitrogen and oxygen atoms in total. The molecule has 2 heterocycles. The molecule has 5 heteroatoms. The molecular formula is C11H10ClN3S. The summed E-state index contributed by atoms with van der Waals surface area (Å²) in [6.45, 7) is 0.511. The van der Waals surface area contributed by atoms with E-state index in [1.54, 1.807) is 12.4 Å². The average molecular weight is 252 g/mol. The number of pyridine rings is 2. The van der Waals surface area contributed by atoms with Crippen molar-refractivity contribution in [1.29, 1.82) is 0 Å². The van der Waals surface area contributed by atoms with E-state index in [4.69, 9.17) is 17.3 Å². The Bertz CT molecular complexity index is 456. The van der Waals surface area contributed by atoms with E-state index in [1.807, 2.05) is 24.3 Å². The Kier molecular flexibility index (Phi) is 3.77. The van der Waals surface area contributed by atoms with Crippen LogP contribution in [0.1, 0.15) is 5.56 Å². The maximum absolute atomic E-state index is 5.75. The second kappa shape index (κ2) is 5.30. The summed E-state index contributed by atoms with van der Waals surface area (Å²) in [4.78, 5) is 8.46. The zero-order chi connectivity index (χ0) is 11.4. The van der Waals surface area contributed by atoms with E-state index < -0.39 is 0 Å². The first-order valence-electron chi connectivity index (χ1n) is 4.72. The van der Waals surface area contributed by atoms with E-state index in [1.165, 1.54) is 11.8 Å². The standard InChI is InChI=1S/C11H10ClN3S/c12-9-2-4-11(15-7-9)16-10-3-1-8(5-13)6-14-10/h1-4,6-7H,5,13H2. The molecule has 2 aromatic rings. The van der Waals surface area contributed by atoms with Gasteiger partial charge >= 0.3 is 0 Å². The van der Waals surface area contributed by atoms with Gasteiger partial charge in [-0.15, -0.1) is 0 Å². The first-order valence-corrected chi connectivity index (χ1v) is 5.92. The van der Waals surface area contributed by atoms with Gasteiger partial charge in [0.25, 0.3) is 0 Å².